The molecule has 3 fully saturated rings. The predicted molar refractivity (Wildman–Crippen MR) is 181 cm³/mol. The first kappa shape index (κ1) is 33.6. The van der Waals surface area contributed by atoms with E-state index in [-0.39, 0.29) is 53.2 Å². The first-order valence-electron chi connectivity index (χ1n) is 16.3. The lowest BCUT2D eigenvalue weighted by atomic mass is 9.61. The molecule has 0 bridgehead atoms. The number of hydrogen-bond donors (Lipinski definition) is 1. The number of nitrogens with zero attached hydrogens (tertiary/aromatic N) is 5. The summed E-state index contributed by atoms with van der Waals surface area (Å²) in [5, 5.41) is 3.42. The summed E-state index contributed by atoms with van der Waals surface area (Å²) < 4.78 is 40.0. The van der Waals surface area contributed by atoms with Crippen molar-refractivity contribution in [1.29, 1.82) is 0 Å². The number of benzene rings is 1. The number of pyridine rings is 1. The Morgan fingerprint density at radius 1 is 1.13 bits per heavy atom. The monoisotopic (exact) mass is 684 g/mol. The lowest BCUT2D eigenvalue weighted by molar-refractivity contribution is -0.0349. The van der Waals surface area contributed by atoms with E-state index in [1.807, 2.05) is 32.8 Å². The van der Waals surface area contributed by atoms with Gasteiger partial charge in [0.25, 0.3) is 5.91 Å². The molecule has 1 amide bonds. The van der Waals surface area contributed by atoms with Gasteiger partial charge in [-0.1, -0.05) is 0 Å². The minimum absolute atomic E-state index is 0. The van der Waals surface area contributed by atoms with E-state index in [0.29, 0.717) is 36.7 Å². The minimum atomic E-state index is -2.16. The van der Waals surface area contributed by atoms with Crippen molar-refractivity contribution in [3.8, 4) is 17.2 Å². The Hall–Kier alpha value is -3.27. The van der Waals surface area contributed by atoms with Crippen molar-refractivity contribution in [2.75, 3.05) is 43.5 Å². The number of nitrogens with one attached hydrogen (secondary N) is 1. The van der Waals surface area contributed by atoms with Crippen molar-refractivity contribution < 1.29 is 23.2 Å². The second kappa shape index (κ2) is 13.3. The van der Waals surface area contributed by atoms with Gasteiger partial charge in [0.2, 0.25) is 0 Å². The molecule has 47 heavy (non-hydrogen) atoms. The molecule has 1 spiro atoms. The molecule has 1 N–H and O–H groups in total. The molecule has 4 aliphatic rings. The van der Waals surface area contributed by atoms with Crippen molar-refractivity contribution in [1.82, 2.24) is 25.2 Å². The summed E-state index contributed by atoms with van der Waals surface area (Å²) >= 11 is 0. The van der Waals surface area contributed by atoms with Crippen LogP contribution in [0.25, 0.3) is 0 Å². The van der Waals surface area contributed by atoms with E-state index in [1.165, 1.54) is 30.1 Å². The van der Waals surface area contributed by atoms with E-state index in [4.69, 9.17) is 9.47 Å². The topological polar surface area (TPSA) is 110 Å². The zero-order chi connectivity index (χ0) is 32.1. The third-order valence-corrected chi connectivity index (χ3v) is 12.4. The van der Waals surface area contributed by atoms with E-state index < -0.39 is 13.0 Å². The number of carbonyl (C=O) groups excluding carboxylic acids is 1. The van der Waals surface area contributed by atoms with Crippen molar-refractivity contribution in [2.24, 2.45) is 5.41 Å². The van der Waals surface area contributed by atoms with Gasteiger partial charge in [-0.25, -0.2) is 14.4 Å². The Labute approximate surface area is 281 Å². The van der Waals surface area contributed by atoms with Gasteiger partial charge in [-0.15, -0.1) is 12.4 Å². The number of carbonyl (C=O) groups is 1. The molecule has 13 heteroatoms. The van der Waals surface area contributed by atoms with Gasteiger partial charge >= 0.3 is 0 Å². The minimum Gasteiger partial charge on any atom is -0.490 e. The maximum absolute atomic E-state index is 14.6. The van der Waals surface area contributed by atoms with E-state index in [2.05, 4.69) is 25.2 Å². The van der Waals surface area contributed by atoms with Crippen LogP contribution in [0.5, 0.6) is 17.2 Å². The number of hydrogen-bond acceptors (Lipinski definition) is 9. The molecule has 3 aliphatic heterocycles. The fourth-order valence-electron chi connectivity index (χ4n) is 7.63. The highest BCUT2D eigenvalue weighted by molar-refractivity contribution is 7.63. The first-order chi connectivity index (χ1) is 22.1. The van der Waals surface area contributed by atoms with Crippen LogP contribution in [0.1, 0.15) is 61.1 Å². The van der Waals surface area contributed by atoms with Crippen LogP contribution in [0.2, 0.25) is 0 Å². The average molecular weight is 685 g/mol. The highest BCUT2D eigenvalue weighted by atomic mass is 35.5. The summed E-state index contributed by atoms with van der Waals surface area (Å²) in [6, 6.07) is 5.83. The summed E-state index contributed by atoms with van der Waals surface area (Å²) in [5.74, 6) is 1.45. The van der Waals surface area contributed by atoms with Crippen molar-refractivity contribution >= 4 is 31.3 Å². The highest BCUT2D eigenvalue weighted by Crippen LogP contribution is 2.52. The van der Waals surface area contributed by atoms with Crippen LogP contribution in [0, 0.1) is 11.2 Å². The summed E-state index contributed by atoms with van der Waals surface area (Å²) in [7, 11) is -2.16. The first-order valence-corrected chi connectivity index (χ1v) is 18.9. The Kier molecular flexibility index (Phi) is 9.53. The van der Waals surface area contributed by atoms with Crippen LogP contribution in [0.3, 0.4) is 0 Å². The van der Waals surface area contributed by atoms with Gasteiger partial charge < -0.3 is 29.2 Å². The maximum atomic E-state index is 14.6. The number of halogens is 2. The Morgan fingerprint density at radius 2 is 1.89 bits per heavy atom. The van der Waals surface area contributed by atoms with E-state index in [9.17, 15) is 13.8 Å². The van der Waals surface area contributed by atoms with Crippen LogP contribution in [0.15, 0.2) is 43.0 Å². The molecule has 1 aliphatic carbocycles. The molecule has 0 atom stereocenters. The van der Waals surface area contributed by atoms with Crippen LogP contribution in [0.4, 0.5) is 10.2 Å². The quantitative estimate of drug-likeness (QED) is 0.289. The zero-order valence-corrected chi connectivity index (χ0v) is 28.9. The molecule has 2 saturated heterocycles. The zero-order valence-electron chi connectivity index (χ0n) is 27.2. The number of ether oxygens (including phenoxy) is 2. The SMILES string of the molecule is CC(C)N(C(=O)c1cc(F)ccc1Oc1cncnc1N1CC2(CC(Oc3ccnc4c3CNCC4)C2)C1)C1CCP(C)(=O)CC1.Cl. The van der Waals surface area contributed by atoms with Crippen LogP contribution in [-0.4, -0.2) is 82.6 Å². The molecule has 1 aromatic carbocycles. The molecule has 3 aromatic rings. The second-order valence-corrected chi connectivity index (χ2v) is 17.4. The standard InChI is InChI=1S/C34H42FN6O4P.ClH/c1-22(2)41(24-8-12-46(3,43)13-9-24)33(42)26-14-23(35)4-5-29(26)45-31-18-37-21-39-32(31)40-19-34(20-40)15-25(16-34)44-30-7-11-38-28-6-10-36-17-27(28)30;/h4-5,7,11,14,18,21-22,24-25,36H,6,8-10,12-13,15-17,19-20H2,1-3H3;1H. The largest absolute Gasteiger partial charge is 0.490 e. The Balaban J connectivity index is 0.00000386. The fourth-order valence-corrected chi connectivity index (χ4v) is 9.54. The van der Waals surface area contributed by atoms with Crippen LogP contribution < -0.4 is 19.7 Å². The normalized spacial score (nSPS) is 23.3. The fraction of sp³-hybridized carbons (Fsp3) is 0.529. The number of aromatic nitrogens is 3. The molecule has 0 radical (unpaired) electrons. The third kappa shape index (κ3) is 6.85. The Bertz CT molecular complexity index is 1670. The number of fused-ring (bicyclic) bond motifs is 1. The van der Waals surface area contributed by atoms with Gasteiger partial charge in [0.05, 0.1) is 18.9 Å². The molecular weight excluding hydrogens is 642 g/mol. The lowest BCUT2D eigenvalue weighted by Gasteiger charge is -2.59. The molecule has 0 unspecified atom stereocenters. The van der Waals surface area contributed by atoms with E-state index >= 15 is 0 Å². The van der Waals surface area contributed by atoms with Gasteiger partial charge in [0.1, 0.15) is 29.7 Å². The summed E-state index contributed by atoms with van der Waals surface area (Å²) in [6.45, 7) is 9.12. The lowest BCUT2D eigenvalue weighted by Crippen LogP contribution is -2.65. The smallest absolute Gasteiger partial charge is 0.258 e. The highest BCUT2D eigenvalue weighted by Gasteiger charge is 2.54. The molecule has 2 aromatic heterocycles. The molecule has 1 saturated carbocycles. The van der Waals surface area contributed by atoms with Gasteiger partial charge in [0, 0.05) is 79.9 Å². The number of rotatable bonds is 8. The van der Waals surface area contributed by atoms with Crippen molar-refractivity contribution in [3.63, 3.8) is 0 Å². The van der Waals surface area contributed by atoms with Crippen molar-refractivity contribution in [3.05, 3.63) is 65.6 Å². The van der Waals surface area contributed by atoms with Gasteiger partial charge in [0.15, 0.2) is 11.6 Å². The molecule has 10 nitrogen and oxygen atoms in total. The Morgan fingerprint density at radius 3 is 2.64 bits per heavy atom. The van der Waals surface area contributed by atoms with E-state index in [0.717, 1.165) is 56.9 Å². The average Bonchev–Trinajstić information content (AvgIpc) is 3.00. The van der Waals surface area contributed by atoms with Gasteiger partial charge in [-0.3, -0.25) is 9.78 Å². The summed E-state index contributed by atoms with van der Waals surface area (Å²) in [6.07, 6.45) is 10.5. The summed E-state index contributed by atoms with van der Waals surface area (Å²) in [5.41, 5.74) is 2.62. The number of anilines is 1. The van der Waals surface area contributed by atoms with Crippen molar-refractivity contribution in [2.45, 2.75) is 70.7 Å². The van der Waals surface area contributed by atoms with Gasteiger partial charge in [-0.2, -0.15) is 0 Å². The summed E-state index contributed by atoms with van der Waals surface area (Å²) in [4.78, 5) is 31.3. The van der Waals surface area contributed by atoms with Crippen LogP contribution >= 0.6 is 19.5 Å². The predicted octanol–water partition coefficient (Wildman–Crippen LogP) is 5.92. The van der Waals surface area contributed by atoms with Gasteiger partial charge in [-0.05, 0) is 70.5 Å². The van der Waals surface area contributed by atoms with Crippen LogP contribution in [-0.2, 0) is 17.5 Å². The molecule has 5 heterocycles. The molecule has 7 rings (SSSR count). The van der Waals surface area contributed by atoms with E-state index in [1.54, 1.807) is 11.1 Å². The second-order valence-electron chi connectivity index (χ2n) is 13.9. The third-order valence-electron chi connectivity index (χ3n) is 10.0. The number of amides is 1. The molecular formula is C34H43ClFN6O4P. The molecule has 252 valence electrons. The maximum Gasteiger partial charge on any atom is 0.258 e.